The van der Waals surface area contributed by atoms with Crippen LogP contribution in [0, 0.1) is 11.8 Å². The molecular formula is C44H55BrN6O8. The molecule has 0 spiro atoms. The molecule has 2 aromatic carbocycles. The van der Waals surface area contributed by atoms with E-state index in [9.17, 15) is 29.4 Å². The summed E-state index contributed by atoms with van der Waals surface area (Å²) in [6, 6.07) is 13.5. The molecule has 4 N–H and O–H groups in total. The van der Waals surface area contributed by atoms with Gasteiger partial charge in [-0.1, -0.05) is 54.6 Å². The van der Waals surface area contributed by atoms with Crippen LogP contribution in [0.3, 0.4) is 0 Å². The van der Waals surface area contributed by atoms with E-state index in [2.05, 4.69) is 41.5 Å². The van der Waals surface area contributed by atoms with Crippen molar-refractivity contribution in [1.29, 1.82) is 0 Å². The third kappa shape index (κ3) is 13.5. The number of allylic oxidation sites excluding steroid dienone is 2. The molecule has 3 aromatic rings. The number of carbonyl (C=O) groups excluding carboxylic acids is 4. The van der Waals surface area contributed by atoms with Crippen molar-refractivity contribution in [1.82, 2.24) is 20.2 Å². The second-order valence-corrected chi connectivity index (χ2v) is 15.6. The maximum atomic E-state index is 13.4. The number of aryl methyl sites for hydroxylation is 1. The first-order valence-corrected chi connectivity index (χ1v) is 21.2. The van der Waals surface area contributed by atoms with Crippen LogP contribution in [-0.4, -0.2) is 98.8 Å². The molecule has 6 atom stereocenters. The van der Waals surface area contributed by atoms with Gasteiger partial charge in [0.25, 0.3) is 5.91 Å². The predicted molar refractivity (Wildman–Crippen MR) is 228 cm³/mol. The zero-order chi connectivity index (χ0) is 42.1. The molecule has 0 radical (unpaired) electrons. The Morgan fingerprint density at radius 3 is 2.59 bits per heavy atom. The first-order chi connectivity index (χ1) is 28.5. The molecule has 1 aliphatic carbocycles. The average Bonchev–Trinajstić information content (AvgIpc) is 3.81. The number of hydrogen-bond donors (Lipinski definition) is 4. The normalized spacial score (nSPS) is 20.2. The standard InChI is InChI=1S/C44H55BrN6O8/c1-3-46-38(54)15-10-5-4-9-14-33-32(21-20-31(52)19-18-30-12-7-6-8-13-30)36(53)28-37(33)59-40(56)17-11-16-39(55)58-29(2)43(57)51-27-26-49-44(51)50-34-22-23-35-42(41(34)45)48-25-24-47-35/h4,6-9,12-13,20-25,29,31-33,36-37,52-53H,3,5,10-11,14-19,26-28H2,1-2H3,(H,46,54)(H,49,50)/b9-4-,21-20+/t29?,31-,32-,33-,36-,37+/m1/s1. The number of anilines is 1. The van der Waals surface area contributed by atoms with Crippen molar-refractivity contribution in [3.05, 3.63) is 89.2 Å². The average molecular weight is 876 g/mol. The number of amides is 2. The fourth-order valence-electron chi connectivity index (χ4n) is 7.29. The predicted octanol–water partition coefficient (Wildman–Crippen LogP) is 5.82. The highest BCUT2D eigenvalue weighted by Crippen LogP contribution is 2.39. The zero-order valence-corrected chi connectivity index (χ0v) is 35.3. The number of aliphatic imine (C=N–C) groups is 1. The van der Waals surface area contributed by atoms with Gasteiger partial charge in [0.1, 0.15) is 11.6 Å². The Hall–Kier alpha value is -4.99. The van der Waals surface area contributed by atoms with Gasteiger partial charge in [-0.2, -0.15) is 0 Å². The van der Waals surface area contributed by atoms with Crippen LogP contribution in [0.4, 0.5) is 5.69 Å². The summed E-state index contributed by atoms with van der Waals surface area (Å²) in [6.45, 7) is 4.67. The van der Waals surface area contributed by atoms with Crippen LogP contribution in [-0.2, 0) is 35.1 Å². The molecule has 5 rings (SSSR count). The van der Waals surface area contributed by atoms with Crippen LogP contribution in [0.5, 0.6) is 0 Å². The second kappa shape index (κ2) is 23.0. The fourth-order valence-corrected chi connectivity index (χ4v) is 7.82. The highest BCUT2D eigenvalue weighted by Gasteiger charge is 2.42. The summed E-state index contributed by atoms with van der Waals surface area (Å²) in [6.07, 6.45) is 11.4. The van der Waals surface area contributed by atoms with Crippen molar-refractivity contribution in [3.8, 4) is 0 Å². The van der Waals surface area contributed by atoms with Crippen LogP contribution in [0.15, 0.2) is 88.6 Å². The van der Waals surface area contributed by atoms with E-state index in [1.165, 1.54) is 11.8 Å². The summed E-state index contributed by atoms with van der Waals surface area (Å²) >= 11 is 3.56. The van der Waals surface area contributed by atoms with Crippen LogP contribution in [0.25, 0.3) is 11.0 Å². The van der Waals surface area contributed by atoms with Gasteiger partial charge in [0, 0.05) is 63.0 Å². The number of ether oxygens (including phenoxy) is 2. The Morgan fingerprint density at radius 2 is 1.80 bits per heavy atom. The smallest absolute Gasteiger partial charge is 0.306 e. The fraction of sp³-hybridized carbons (Fsp3) is 0.477. The molecule has 59 heavy (non-hydrogen) atoms. The SMILES string of the molecule is CCNC(=O)CCC/C=C\C[C@@H]1[C@@H](/C=C/[C@H](O)CCc2ccccc2)[C@H](O)C[C@@H]1OC(=O)CCCC(=O)OC(C)C(=O)N1CCN=C1Nc1ccc2nccnc2c1Br. The number of unbranched alkanes of at least 4 members (excludes halogenated alkanes) is 1. The topological polar surface area (TPSA) is 193 Å². The number of halogens is 1. The summed E-state index contributed by atoms with van der Waals surface area (Å²) in [4.78, 5) is 65.6. The number of guanidine groups is 1. The van der Waals surface area contributed by atoms with E-state index in [-0.39, 0.29) is 43.4 Å². The maximum Gasteiger partial charge on any atom is 0.306 e. The van der Waals surface area contributed by atoms with Gasteiger partial charge in [-0.25, -0.2) is 0 Å². The summed E-state index contributed by atoms with van der Waals surface area (Å²) in [5, 5.41) is 27.8. The Labute approximate surface area is 353 Å². The summed E-state index contributed by atoms with van der Waals surface area (Å²) in [5.74, 6) is -1.82. The van der Waals surface area contributed by atoms with Gasteiger partial charge in [-0.3, -0.25) is 39.0 Å². The number of nitrogens with one attached hydrogen (secondary N) is 2. The van der Waals surface area contributed by atoms with Crippen molar-refractivity contribution in [2.24, 2.45) is 16.8 Å². The highest BCUT2D eigenvalue weighted by molar-refractivity contribution is 9.10. The van der Waals surface area contributed by atoms with Gasteiger partial charge >= 0.3 is 11.9 Å². The Morgan fingerprint density at radius 1 is 1.02 bits per heavy atom. The highest BCUT2D eigenvalue weighted by atomic mass is 79.9. The summed E-state index contributed by atoms with van der Waals surface area (Å²) < 4.78 is 12.0. The van der Waals surface area contributed by atoms with E-state index < -0.39 is 42.3 Å². The minimum atomic E-state index is -1.09. The molecule has 2 aliphatic rings. The molecule has 316 valence electrons. The van der Waals surface area contributed by atoms with Crippen molar-refractivity contribution < 1.29 is 38.9 Å². The molecule has 0 saturated heterocycles. The number of rotatable bonds is 20. The number of nitrogens with zero attached hydrogens (tertiary/aromatic N) is 4. The molecule has 1 aliphatic heterocycles. The first kappa shape index (κ1) is 45.1. The van der Waals surface area contributed by atoms with Gasteiger partial charge in [-0.15, -0.1) is 0 Å². The molecular weight excluding hydrogens is 820 g/mol. The third-order valence-corrected chi connectivity index (χ3v) is 11.2. The van der Waals surface area contributed by atoms with E-state index in [1.54, 1.807) is 18.5 Å². The number of aromatic nitrogens is 2. The molecule has 1 saturated carbocycles. The van der Waals surface area contributed by atoms with Crippen LogP contribution in [0.1, 0.15) is 77.2 Å². The molecule has 0 bridgehead atoms. The zero-order valence-electron chi connectivity index (χ0n) is 33.7. The molecule has 1 aromatic heterocycles. The molecule has 1 fully saturated rings. The number of benzene rings is 2. The summed E-state index contributed by atoms with van der Waals surface area (Å²) in [5.41, 5.74) is 3.13. The minimum Gasteiger partial charge on any atom is -0.462 e. The lowest BCUT2D eigenvalue weighted by Gasteiger charge is -2.23. The van der Waals surface area contributed by atoms with Crippen LogP contribution < -0.4 is 10.6 Å². The molecule has 2 heterocycles. The van der Waals surface area contributed by atoms with Gasteiger partial charge in [0.2, 0.25) is 11.9 Å². The van der Waals surface area contributed by atoms with Crippen LogP contribution in [0.2, 0.25) is 0 Å². The van der Waals surface area contributed by atoms with E-state index in [4.69, 9.17) is 9.47 Å². The first-order valence-electron chi connectivity index (χ1n) is 20.4. The number of fused-ring (bicyclic) bond motifs is 1. The largest absolute Gasteiger partial charge is 0.462 e. The number of carbonyl (C=O) groups is 4. The molecule has 2 amide bonds. The van der Waals surface area contributed by atoms with Gasteiger partial charge in [0.05, 0.1) is 34.4 Å². The van der Waals surface area contributed by atoms with E-state index in [1.807, 2.05) is 67.6 Å². The lowest BCUT2D eigenvalue weighted by molar-refractivity contribution is -0.157. The summed E-state index contributed by atoms with van der Waals surface area (Å²) in [7, 11) is 0. The Balaban J connectivity index is 1.09. The quantitative estimate of drug-likeness (QED) is 0.0608. The van der Waals surface area contributed by atoms with Gasteiger partial charge < -0.3 is 30.3 Å². The van der Waals surface area contributed by atoms with Gasteiger partial charge in [-0.05, 0) is 86.0 Å². The van der Waals surface area contributed by atoms with E-state index in [0.717, 1.165) is 5.56 Å². The maximum absolute atomic E-state index is 13.4. The van der Waals surface area contributed by atoms with E-state index in [0.29, 0.717) is 85.3 Å². The van der Waals surface area contributed by atoms with E-state index >= 15 is 0 Å². The Kier molecular flexibility index (Phi) is 17.6. The molecule has 14 nitrogen and oxygen atoms in total. The second-order valence-electron chi connectivity index (χ2n) is 14.8. The van der Waals surface area contributed by atoms with Crippen molar-refractivity contribution in [2.75, 3.05) is 25.0 Å². The molecule has 1 unspecified atom stereocenters. The minimum absolute atomic E-state index is 0.0150. The lowest BCUT2D eigenvalue weighted by Crippen LogP contribution is -2.44. The number of hydrogen-bond acceptors (Lipinski definition) is 12. The molecule has 15 heteroatoms. The lowest BCUT2D eigenvalue weighted by atomic mass is 9.89. The monoisotopic (exact) mass is 874 g/mol. The third-order valence-electron chi connectivity index (χ3n) is 10.4. The number of aliphatic hydroxyl groups is 2. The number of aliphatic hydroxyl groups excluding tert-OH is 2. The van der Waals surface area contributed by atoms with Crippen molar-refractivity contribution >= 4 is 62.4 Å². The Bertz CT molecular complexity index is 1980. The van der Waals surface area contributed by atoms with Gasteiger partial charge in [0.15, 0.2) is 6.10 Å². The van der Waals surface area contributed by atoms with Crippen molar-refractivity contribution in [3.63, 3.8) is 0 Å². The van der Waals surface area contributed by atoms with Crippen molar-refractivity contribution in [2.45, 2.75) is 102 Å². The number of esters is 2. The van der Waals surface area contributed by atoms with Crippen LogP contribution >= 0.6 is 15.9 Å².